The average molecular weight is 344 g/mol. The van der Waals surface area contributed by atoms with Gasteiger partial charge in [0.2, 0.25) is 5.91 Å². The van der Waals surface area contributed by atoms with Crippen molar-refractivity contribution in [2.75, 3.05) is 33.9 Å². The predicted octanol–water partition coefficient (Wildman–Crippen LogP) is 0.414. The molecule has 8 nitrogen and oxygen atoms in total. The molecule has 0 spiro atoms. The maximum atomic E-state index is 11.7. The molecule has 0 aliphatic carbocycles. The van der Waals surface area contributed by atoms with E-state index in [2.05, 4.69) is 20.2 Å². The summed E-state index contributed by atoms with van der Waals surface area (Å²) in [6.07, 6.45) is 3.61. The smallest absolute Gasteiger partial charge is 0.248 e. The summed E-state index contributed by atoms with van der Waals surface area (Å²) in [5.74, 6) is 0.105. The van der Waals surface area contributed by atoms with Crippen LogP contribution in [0.5, 0.6) is 0 Å². The van der Waals surface area contributed by atoms with Crippen molar-refractivity contribution in [2.45, 2.75) is 19.0 Å². The fraction of sp³-hybridized carbons (Fsp3) is 0.529. The fourth-order valence-electron chi connectivity index (χ4n) is 3.11. The normalized spacial score (nSPS) is 17.3. The molecule has 8 heteroatoms. The first kappa shape index (κ1) is 17.5. The van der Waals surface area contributed by atoms with E-state index in [9.17, 15) is 4.79 Å². The lowest BCUT2D eigenvalue weighted by Crippen LogP contribution is -2.36. The van der Waals surface area contributed by atoms with Crippen molar-refractivity contribution in [1.29, 1.82) is 0 Å². The maximum absolute atomic E-state index is 11.7. The number of carbonyl (C=O) groups excluding carboxylic acids is 1. The van der Waals surface area contributed by atoms with Crippen molar-refractivity contribution >= 4 is 5.91 Å². The van der Waals surface area contributed by atoms with E-state index in [1.807, 2.05) is 23.9 Å². The topological polar surface area (TPSA) is 76.4 Å². The summed E-state index contributed by atoms with van der Waals surface area (Å²) < 4.78 is 7.50. The first-order valence-electron chi connectivity index (χ1n) is 8.32. The third-order valence-electron chi connectivity index (χ3n) is 4.38. The average Bonchev–Trinajstić information content (AvgIpc) is 2.96. The lowest BCUT2D eigenvalue weighted by Gasteiger charge is -2.32. The number of likely N-dealkylation sites (N-methyl/N-ethyl adjacent to an activating group) is 1. The van der Waals surface area contributed by atoms with Crippen LogP contribution in [0.25, 0.3) is 0 Å². The Bertz CT molecular complexity index is 715. The van der Waals surface area contributed by atoms with Crippen molar-refractivity contribution in [1.82, 2.24) is 29.8 Å². The molecule has 0 saturated carbocycles. The molecule has 1 aliphatic rings. The summed E-state index contributed by atoms with van der Waals surface area (Å²) in [6, 6.07) is 4.04. The summed E-state index contributed by atoms with van der Waals surface area (Å²) in [5, 5.41) is 8.46. The highest BCUT2D eigenvalue weighted by Crippen LogP contribution is 2.27. The number of aromatic nitrogens is 4. The lowest BCUT2D eigenvalue weighted by atomic mass is 9.98. The van der Waals surface area contributed by atoms with E-state index in [1.54, 1.807) is 26.5 Å². The van der Waals surface area contributed by atoms with Gasteiger partial charge < -0.3 is 9.64 Å². The van der Waals surface area contributed by atoms with Crippen LogP contribution in [0, 0.1) is 0 Å². The number of nitrogens with zero attached hydrogens (tertiary/aromatic N) is 6. The highest BCUT2D eigenvalue weighted by atomic mass is 16.5. The molecule has 0 N–H and O–H groups in total. The second-order valence-electron chi connectivity index (χ2n) is 6.57. The van der Waals surface area contributed by atoms with Gasteiger partial charge in [-0.25, -0.2) is 0 Å². The highest BCUT2D eigenvalue weighted by molar-refractivity contribution is 5.76. The Hall–Kier alpha value is -2.32. The SMILES string of the molecule is CN(C)C(=O)COCC1CN(Cc2ccncc2)Cc2nnn(C)c21. The first-order valence-corrected chi connectivity index (χ1v) is 8.32. The van der Waals surface area contributed by atoms with Gasteiger partial charge in [0.05, 0.1) is 12.3 Å². The van der Waals surface area contributed by atoms with Crippen LogP contribution in [0.1, 0.15) is 22.9 Å². The van der Waals surface area contributed by atoms with Crippen molar-refractivity contribution in [3.8, 4) is 0 Å². The molecule has 0 aromatic carbocycles. The van der Waals surface area contributed by atoms with Gasteiger partial charge in [0, 0.05) is 59.1 Å². The number of pyridine rings is 1. The third-order valence-corrected chi connectivity index (χ3v) is 4.38. The van der Waals surface area contributed by atoms with E-state index in [0.29, 0.717) is 6.61 Å². The Balaban J connectivity index is 1.67. The van der Waals surface area contributed by atoms with Gasteiger partial charge in [0.1, 0.15) is 12.3 Å². The van der Waals surface area contributed by atoms with Crippen molar-refractivity contribution in [2.24, 2.45) is 7.05 Å². The van der Waals surface area contributed by atoms with Crippen LogP contribution in [-0.4, -0.2) is 69.5 Å². The Morgan fingerprint density at radius 3 is 2.84 bits per heavy atom. The van der Waals surface area contributed by atoms with E-state index in [4.69, 9.17) is 4.74 Å². The van der Waals surface area contributed by atoms with Gasteiger partial charge in [-0.1, -0.05) is 5.21 Å². The zero-order chi connectivity index (χ0) is 17.8. The Morgan fingerprint density at radius 1 is 1.36 bits per heavy atom. The minimum atomic E-state index is -0.0344. The van der Waals surface area contributed by atoms with E-state index in [-0.39, 0.29) is 18.4 Å². The van der Waals surface area contributed by atoms with Crippen LogP contribution in [0.3, 0.4) is 0 Å². The number of carbonyl (C=O) groups is 1. The number of aryl methyl sites for hydroxylation is 1. The molecule has 0 fully saturated rings. The molecular formula is C17H24N6O2. The van der Waals surface area contributed by atoms with E-state index >= 15 is 0 Å². The Kier molecular flexibility index (Phi) is 5.40. The summed E-state index contributed by atoms with van der Waals surface area (Å²) in [5.41, 5.74) is 3.29. The molecule has 25 heavy (non-hydrogen) atoms. The molecule has 1 aliphatic heterocycles. The molecule has 0 saturated heterocycles. The predicted molar refractivity (Wildman–Crippen MR) is 91.6 cm³/mol. The fourth-order valence-corrected chi connectivity index (χ4v) is 3.11. The van der Waals surface area contributed by atoms with Crippen molar-refractivity contribution < 1.29 is 9.53 Å². The number of amides is 1. The van der Waals surface area contributed by atoms with Crippen LogP contribution in [-0.2, 0) is 29.7 Å². The molecule has 134 valence electrons. The number of rotatable bonds is 6. The molecule has 0 radical (unpaired) electrons. The zero-order valence-corrected chi connectivity index (χ0v) is 14.9. The second-order valence-corrected chi connectivity index (χ2v) is 6.57. The number of fused-ring (bicyclic) bond motifs is 1. The Morgan fingerprint density at radius 2 is 2.12 bits per heavy atom. The van der Waals surface area contributed by atoms with Gasteiger partial charge in [-0.2, -0.15) is 0 Å². The second kappa shape index (κ2) is 7.71. The Labute approximate surface area is 147 Å². The zero-order valence-electron chi connectivity index (χ0n) is 14.9. The van der Waals surface area contributed by atoms with Crippen LogP contribution in [0.4, 0.5) is 0 Å². The summed E-state index contributed by atoms with van der Waals surface area (Å²) >= 11 is 0. The molecule has 3 heterocycles. The van der Waals surface area contributed by atoms with Gasteiger partial charge in [-0.15, -0.1) is 5.10 Å². The molecule has 0 bridgehead atoms. The van der Waals surface area contributed by atoms with Gasteiger partial charge in [-0.05, 0) is 17.7 Å². The third kappa shape index (κ3) is 4.21. The molecule has 1 unspecified atom stereocenters. The molecule has 1 atom stereocenters. The van der Waals surface area contributed by atoms with E-state index < -0.39 is 0 Å². The monoisotopic (exact) mass is 344 g/mol. The molecule has 1 amide bonds. The maximum Gasteiger partial charge on any atom is 0.248 e. The van der Waals surface area contributed by atoms with Crippen molar-refractivity contribution in [3.05, 3.63) is 41.5 Å². The lowest BCUT2D eigenvalue weighted by molar-refractivity contribution is -0.133. The largest absolute Gasteiger partial charge is 0.371 e. The van der Waals surface area contributed by atoms with E-state index in [0.717, 1.165) is 31.0 Å². The number of hydrogen-bond donors (Lipinski definition) is 0. The van der Waals surface area contributed by atoms with Crippen LogP contribution < -0.4 is 0 Å². The highest BCUT2D eigenvalue weighted by Gasteiger charge is 2.30. The molecular weight excluding hydrogens is 320 g/mol. The molecule has 2 aromatic heterocycles. The van der Waals surface area contributed by atoms with Crippen LogP contribution >= 0.6 is 0 Å². The van der Waals surface area contributed by atoms with Gasteiger partial charge in [0.15, 0.2) is 0 Å². The van der Waals surface area contributed by atoms with Crippen LogP contribution in [0.15, 0.2) is 24.5 Å². The first-order chi connectivity index (χ1) is 12.0. The number of hydrogen-bond acceptors (Lipinski definition) is 6. The summed E-state index contributed by atoms with van der Waals surface area (Å²) in [6.45, 7) is 2.99. The van der Waals surface area contributed by atoms with E-state index in [1.165, 1.54) is 10.5 Å². The summed E-state index contributed by atoms with van der Waals surface area (Å²) in [7, 11) is 5.36. The summed E-state index contributed by atoms with van der Waals surface area (Å²) in [4.78, 5) is 19.6. The van der Waals surface area contributed by atoms with Crippen molar-refractivity contribution in [3.63, 3.8) is 0 Å². The van der Waals surface area contributed by atoms with Gasteiger partial charge >= 0.3 is 0 Å². The van der Waals surface area contributed by atoms with Gasteiger partial charge in [-0.3, -0.25) is 19.4 Å². The minimum Gasteiger partial charge on any atom is -0.371 e. The quantitative estimate of drug-likeness (QED) is 0.756. The van der Waals surface area contributed by atoms with Crippen LogP contribution in [0.2, 0.25) is 0 Å². The molecule has 2 aromatic rings. The standard InChI is InChI=1S/C17H24N6O2/c1-21(2)16(24)12-25-11-14-9-23(8-13-4-6-18-7-5-13)10-15-17(14)22(3)20-19-15/h4-7,14H,8-12H2,1-3H3. The van der Waals surface area contributed by atoms with Gasteiger partial charge in [0.25, 0.3) is 0 Å². The molecule has 3 rings (SSSR count). The minimum absolute atomic E-state index is 0.0344. The number of ether oxygens (including phenoxy) is 1.